The van der Waals surface area contributed by atoms with E-state index in [1.807, 2.05) is 43.0 Å². The largest absolute Gasteiger partial charge is 0.346 e. The van der Waals surface area contributed by atoms with E-state index in [9.17, 15) is 0 Å². The van der Waals surface area contributed by atoms with Gasteiger partial charge in [0.05, 0.1) is 11.7 Å². The number of fused-ring (bicyclic) bond motifs is 2. The van der Waals surface area contributed by atoms with Gasteiger partial charge in [-0.1, -0.05) is 52.5 Å². The molecular weight excluding hydrogens is 356 g/mol. The molecule has 4 heterocycles. The van der Waals surface area contributed by atoms with Crippen LogP contribution in [0.1, 0.15) is 64.1 Å². The first kappa shape index (κ1) is 20.8. The average Bonchev–Trinajstić information content (AvgIpc) is 3.32. The Hall–Kier alpha value is -2.88. The number of aromatic amines is 1. The van der Waals surface area contributed by atoms with Crippen LogP contribution < -0.4 is 0 Å². The molecule has 1 N–H and O–H groups in total. The molecule has 0 saturated heterocycles. The molecule has 152 valence electrons. The molecule has 0 bridgehead atoms. The van der Waals surface area contributed by atoms with Crippen molar-refractivity contribution in [3.8, 4) is 11.1 Å². The molecule has 0 amide bonds. The number of hydrogen-bond donors (Lipinski definition) is 1. The lowest BCUT2D eigenvalue weighted by Crippen LogP contribution is -1.88. The number of allylic oxidation sites excluding steroid dienone is 1. The number of pyridine rings is 2. The smallest absolute Gasteiger partial charge is 0.138 e. The molecule has 4 heteroatoms. The number of nitrogens with zero attached hydrogens (tertiary/aromatic N) is 3. The summed E-state index contributed by atoms with van der Waals surface area (Å²) in [5.41, 5.74) is 7.39. The molecule has 0 saturated carbocycles. The highest BCUT2D eigenvalue weighted by atomic mass is 15.2. The number of unbranched alkanes of at least 4 members (excludes halogenated alkanes) is 4. The predicted octanol–water partition coefficient (Wildman–Crippen LogP) is 7.20. The molecule has 0 aliphatic carbocycles. The Morgan fingerprint density at radius 1 is 1.10 bits per heavy atom. The summed E-state index contributed by atoms with van der Waals surface area (Å²) in [5, 5.41) is 5.50. The maximum atomic E-state index is 4.53. The molecule has 0 aliphatic rings. The monoisotopic (exact) mass is 388 g/mol. The summed E-state index contributed by atoms with van der Waals surface area (Å²) in [6.07, 6.45) is 12.9. The number of hydrogen-bond acceptors (Lipinski definition) is 2. The quantitative estimate of drug-likeness (QED) is 0.355. The van der Waals surface area contributed by atoms with E-state index in [-0.39, 0.29) is 0 Å². The predicted molar refractivity (Wildman–Crippen MR) is 124 cm³/mol. The summed E-state index contributed by atoms with van der Waals surface area (Å²) in [4.78, 5) is 7.79. The molecule has 0 unspecified atom stereocenters. The van der Waals surface area contributed by atoms with Crippen molar-refractivity contribution in [2.45, 2.75) is 59.8 Å². The van der Waals surface area contributed by atoms with E-state index >= 15 is 0 Å². The zero-order valence-electron chi connectivity index (χ0n) is 18.1. The second-order valence-electron chi connectivity index (χ2n) is 7.70. The van der Waals surface area contributed by atoms with Gasteiger partial charge >= 0.3 is 0 Å². The van der Waals surface area contributed by atoms with E-state index in [4.69, 9.17) is 0 Å². The molecule has 0 aromatic carbocycles. The lowest BCUT2D eigenvalue weighted by Gasteiger charge is -2.03. The molecule has 4 aromatic heterocycles. The minimum Gasteiger partial charge on any atom is -0.346 e. The Bertz CT molecular complexity index is 1100. The van der Waals surface area contributed by atoms with Crippen LogP contribution in [0, 0.1) is 6.92 Å². The molecule has 0 atom stereocenters. The third-order valence-corrected chi connectivity index (χ3v) is 5.18. The van der Waals surface area contributed by atoms with E-state index in [0.29, 0.717) is 0 Å². The molecule has 4 rings (SSSR count). The van der Waals surface area contributed by atoms with Crippen LogP contribution in [0.3, 0.4) is 0 Å². The number of H-pyrrole nitrogens is 1. The van der Waals surface area contributed by atoms with Crippen molar-refractivity contribution in [2.75, 3.05) is 0 Å². The van der Waals surface area contributed by atoms with Crippen LogP contribution in [0.2, 0.25) is 0 Å². The second-order valence-corrected chi connectivity index (χ2v) is 7.70. The summed E-state index contributed by atoms with van der Waals surface area (Å²) in [6.45, 7) is 12.5. The minimum atomic E-state index is 0.920. The average molecular weight is 389 g/mol. The third-order valence-electron chi connectivity index (χ3n) is 5.18. The molecule has 4 aromatic rings. The van der Waals surface area contributed by atoms with Gasteiger partial charge in [-0.3, -0.25) is 0 Å². The highest BCUT2D eigenvalue weighted by Crippen LogP contribution is 2.30. The highest BCUT2D eigenvalue weighted by Gasteiger charge is 2.10. The number of rotatable bonds is 6. The van der Waals surface area contributed by atoms with Gasteiger partial charge in [0.25, 0.3) is 0 Å². The van der Waals surface area contributed by atoms with Gasteiger partial charge in [0.15, 0.2) is 0 Å². The van der Waals surface area contributed by atoms with Crippen LogP contribution in [-0.4, -0.2) is 19.6 Å². The number of nitrogens with one attached hydrogen (secondary N) is 1. The van der Waals surface area contributed by atoms with E-state index in [2.05, 4.69) is 53.7 Å². The topological polar surface area (TPSA) is 46.0 Å². The van der Waals surface area contributed by atoms with Gasteiger partial charge in [0.1, 0.15) is 5.65 Å². The lowest BCUT2D eigenvalue weighted by molar-refractivity contribution is 0.656. The van der Waals surface area contributed by atoms with Crippen LogP contribution in [0.25, 0.3) is 33.3 Å². The van der Waals surface area contributed by atoms with Gasteiger partial charge in [-0.2, -0.15) is 5.10 Å². The fourth-order valence-electron chi connectivity index (χ4n) is 3.49. The fourth-order valence-corrected chi connectivity index (χ4v) is 3.49. The first-order chi connectivity index (χ1) is 14.0. The van der Waals surface area contributed by atoms with Crippen molar-refractivity contribution >= 4 is 22.1 Å². The van der Waals surface area contributed by atoms with Crippen molar-refractivity contribution < 1.29 is 0 Å². The molecule has 4 nitrogen and oxygen atoms in total. The highest BCUT2D eigenvalue weighted by molar-refractivity contribution is 5.94. The normalized spacial score (nSPS) is 10.9. The summed E-state index contributed by atoms with van der Waals surface area (Å²) in [7, 11) is 0. The first-order valence-corrected chi connectivity index (χ1v) is 10.6. The Morgan fingerprint density at radius 2 is 1.86 bits per heavy atom. The van der Waals surface area contributed by atoms with Gasteiger partial charge in [-0.05, 0) is 49.2 Å². The SMILES string of the molecule is C=C(C)c1cnn2ccc(-c3c[nH]c4nc(C)ccc34)cc12.CCCCCCC. The van der Waals surface area contributed by atoms with Crippen molar-refractivity contribution in [3.05, 3.63) is 60.7 Å². The standard InChI is InChI=1S/C18H16N4.C7H16/c1-11(2)15-10-20-22-7-6-13(8-17(15)22)16-9-19-18-14(16)5-4-12(3)21-18;1-3-5-7-6-4-2/h4-10H,1H2,2-3H3,(H,19,21);3-7H2,1-2H3. The molecule has 0 fully saturated rings. The third kappa shape index (κ3) is 4.76. The van der Waals surface area contributed by atoms with E-state index in [1.54, 1.807) is 0 Å². The van der Waals surface area contributed by atoms with Gasteiger partial charge < -0.3 is 4.98 Å². The fraction of sp³-hybridized carbons (Fsp3) is 0.360. The van der Waals surface area contributed by atoms with Crippen LogP contribution in [0.4, 0.5) is 0 Å². The van der Waals surface area contributed by atoms with Gasteiger partial charge in [0.2, 0.25) is 0 Å². The second kappa shape index (κ2) is 9.55. The van der Waals surface area contributed by atoms with Crippen molar-refractivity contribution in [3.63, 3.8) is 0 Å². The van der Waals surface area contributed by atoms with Crippen molar-refractivity contribution in [1.82, 2.24) is 19.6 Å². The molecular formula is C25H32N4. The van der Waals surface area contributed by atoms with Gasteiger partial charge in [-0.15, -0.1) is 0 Å². The van der Waals surface area contributed by atoms with Crippen molar-refractivity contribution in [1.29, 1.82) is 0 Å². The van der Waals surface area contributed by atoms with Crippen LogP contribution in [0.5, 0.6) is 0 Å². The van der Waals surface area contributed by atoms with E-state index in [1.165, 1.54) is 32.1 Å². The molecule has 0 radical (unpaired) electrons. The Morgan fingerprint density at radius 3 is 2.55 bits per heavy atom. The summed E-state index contributed by atoms with van der Waals surface area (Å²) < 4.78 is 1.88. The zero-order valence-corrected chi connectivity index (χ0v) is 18.1. The Balaban J connectivity index is 0.000000298. The zero-order chi connectivity index (χ0) is 20.8. The van der Waals surface area contributed by atoms with Crippen molar-refractivity contribution in [2.24, 2.45) is 0 Å². The summed E-state index contributed by atoms with van der Waals surface area (Å²) >= 11 is 0. The van der Waals surface area contributed by atoms with Crippen LogP contribution in [-0.2, 0) is 0 Å². The van der Waals surface area contributed by atoms with E-state index < -0.39 is 0 Å². The minimum absolute atomic E-state index is 0.920. The maximum absolute atomic E-state index is 4.53. The maximum Gasteiger partial charge on any atom is 0.138 e. The van der Waals surface area contributed by atoms with Gasteiger partial charge in [0, 0.05) is 34.6 Å². The van der Waals surface area contributed by atoms with Gasteiger partial charge in [-0.25, -0.2) is 9.50 Å². The molecule has 0 aliphatic heterocycles. The lowest BCUT2D eigenvalue weighted by atomic mass is 10.0. The van der Waals surface area contributed by atoms with Crippen LogP contribution >= 0.6 is 0 Å². The number of aromatic nitrogens is 4. The van der Waals surface area contributed by atoms with Crippen LogP contribution in [0.15, 0.2) is 49.4 Å². The first-order valence-electron chi connectivity index (χ1n) is 10.6. The summed E-state index contributed by atoms with van der Waals surface area (Å²) in [6, 6.07) is 8.38. The molecule has 29 heavy (non-hydrogen) atoms. The molecule has 0 spiro atoms. The number of aryl methyl sites for hydroxylation is 1. The van der Waals surface area contributed by atoms with E-state index in [0.717, 1.165) is 44.5 Å². The Labute approximate surface area is 173 Å². The summed E-state index contributed by atoms with van der Waals surface area (Å²) in [5.74, 6) is 0. The Kier molecular flexibility index (Phi) is 6.86.